The maximum absolute atomic E-state index is 12.3. The highest BCUT2D eigenvalue weighted by molar-refractivity contribution is 6.00. The SMILES string of the molecule is CC(C)(C)OC(=O)N1CCN(c2ccc3c(c2)ncn3C2CCC(=O)NC2=O)CC1. The summed E-state index contributed by atoms with van der Waals surface area (Å²) in [6.45, 7) is 8.20. The molecule has 9 heteroatoms. The fraction of sp³-hybridized carbons (Fsp3) is 0.524. The Balaban J connectivity index is 1.45. The largest absolute Gasteiger partial charge is 0.444 e. The fourth-order valence-electron chi connectivity index (χ4n) is 3.89. The summed E-state index contributed by atoms with van der Waals surface area (Å²) in [5, 5.41) is 2.40. The van der Waals surface area contributed by atoms with Crippen molar-refractivity contribution in [3.8, 4) is 0 Å². The molecule has 4 rings (SSSR count). The number of piperidine rings is 1. The summed E-state index contributed by atoms with van der Waals surface area (Å²) in [5.74, 6) is -0.513. The first-order valence-electron chi connectivity index (χ1n) is 10.2. The number of benzene rings is 1. The van der Waals surface area contributed by atoms with Crippen molar-refractivity contribution >= 4 is 34.6 Å². The molecule has 2 fully saturated rings. The van der Waals surface area contributed by atoms with E-state index in [9.17, 15) is 14.4 Å². The molecule has 1 aromatic heterocycles. The van der Waals surface area contributed by atoms with E-state index < -0.39 is 11.6 Å². The predicted octanol–water partition coefficient (Wildman–Crippen LogP) is 2.07. The van der Waals surface area contributed by atoms with Gasteiger partial charge in [-0.25, -0.2) is 9.78 Å². The highest BCUT2D eigenvalue weighted by Crippen LogP contribution is 2.27. The second kappa shape index (κ2) is 7.62. The van der Waals surface area contributed by atoms with Gasteiger partial charge in [0, 0.05) is 38.3 Å². The number of aromatic nitrogens is 2. The van der Waals surface area contributed by atoms with E-state index in [1.54, 1.807) is 11.2 Å². The van der Waals surface area contributed by atoms with Crippen molar-refractivity contribution < 1.29 is 19.1 Å². The van der Waals surface area contributed by atoms with Crippen LogP contribution in [-0.2, 0) is 14.3 Å². The second-order valence-electron chi connectivity index (χ2n) is 8.75. The topological polar surface area (TPSA) is 96.8 Å². The maximum atomic E-state index is 12.3. The molecule has 30 heavy (non-hydrogen) atoms. The van der Waals surface area contributed by atoms with Crippen LogP contribution >= 0.6 is 0 Å². The molecule has 1 atom stereocenters. The van der Waals surface area contributed by atoms with Gasteiger partial charge in [0.15, 0.2) is 0 Å². The lowest BCUT2D eigenvalue weighted by Crippen LogP contribution is -2.50. The molecule has 0 spiro atoms. The molecule has 0 bridgehead atoms. The van der Waals surface area contributed by atoms with Crippen LogP contribution in [0.4, 0.5) is 10.5 Å². The summed E-state index contributed by atoms with van der Waals surface area (Å²) in [7, 11) is 0. The molecule has 2 aromatic rings. The van der Waals surface area contributed by atoms with E-state index in [1.807, 2.05) is 43.5 Å². The van der Waals surface area contributed by atoms with Gasteiger partial charge in [-0.15, -0.1) is 0 Å². The lowest BCUT2D eigenvalue weighted by Gasteiger charge is -2.36. The van der Waals surface area contributed by atoms with Crippen molar-refractivity contribution in [1.82, 2.24) is 19.8 Å². The number of imide groups is 1. The van der Waals surface area contributed by atoms with Crippen LogP contribution in [0, 0.1) is 0 Å². The Morgan fingerprint density at radius 3 is 2.57 bits per heavy atom. The normalized spacial score (nSPS) is 20.4. The first-order valence-corrected chi connectivity index (χ1v) is 10.2. The van der Waals surface area contributed by atoms with Gasteiger partial charge in [0.25, 0.3) is 0 Å². The average molecular weight is 413 g/mol. The van der Waals surface area contributed by atoms with Crippen molar-refractivity contribution in [1.29, 1.82) is 0 Å². The molecule has 2 aliphatic rings. The van der Waals surface area contributed by atoms with Gasteiger partial charge in [0.2, 0.25) is 11.8 Å². The quantitative estimate of drug-likeness (QED) is 0.757. The number of nitrogens with one attached hydrogen (secondary N) is 1. The van der Waals surface area contributed by atoms with E-state index >= 15 is 0 Å². The molecule has 0 saturated carbocycles. The summed E-state index contributed by atoms with van der Waals surface area (Å²) in [5.41, 5.74) is 2.19. The highest BCUT2D eigenvalue weighted by atomic mass is 16.6. The molecular weight excluding hydrogens is 386 g/mol. The average Bonchev–Trinajstić information content (AvgIpc) is 3.10. The number of piperazine rings is 1. The van der Waals surface area contributed by atoms with E-state index in [2.05, 4.69) is 15.2 Å². The minimum Gasteiger partial charge on any atom is -0.444 e. The zero-order valence-corrected chi connectivity index (χ0v) is 17.6. The van der Waals surface area contributed by atoms with Gasteiger partial charge >= 0.3 is 6.09 Å². The third-order valence-electron chi connectivity index (χ3n) is 5.40. The summed E-state index contributed by atoms with van der Waals surface area (Å²) >= 11 is 0. The van der Waals surface area contributed by atoms with Crippen molar-refractivity contribution in [3.05, 3.63) is 24.5 Å². The lowest BCUT2D eigenvalue weighted by molar-refractivity contribution is -0.135. The minimum absolute atomic E-state index is 0.228. The zero-order chi connectivity index (χ0) is 21.5. The molecule has 1 unspecified atom stereocenters. The van der Waals surface area contributed by atoms with E-state index in [0.717, 1.165) is 16.7 Å². The number of carbonyl (C=O) groups excluding carboxylic acids is 3. The summed E-state index contributed by atoms with van der Waals surface area (Å²) < 4.78 is 7.29. The molecule has 9 nitrogen and oxygen atoms in total. The number of amides is 3. The summed E-state index contributed by atoms with van der Waals surface area (Å²) in [6, 6.07) is 5.55. The smallest absolute Gasteiger partial charge is 0.410 e. The standard InChI is InChI=1S/C21H27N5O4/c1-21(2,3)30-20(29)25-10-8-24(9-11-25)14-4-5-16-15(12-14)22-13-26(16)17-6-7-18(27)23-19(17)28/h4-5,12-13,17H,6-11H2,1-3H3,(H,23,27,28). The summed E-state index contributed by atoms with van der Waals surface area (Å²) in [6.07, 6.45) is 2.19. The van der Waals surface area contributed by atoms with Crippen LogP contribution in [0.5, 0.6) is 0 Å². The van der Waals surface area contributed by atoms with Crippen LogP contribution in [0.25, 0.3) is 11.0 Å². The van der Waals surface area contributed by atoms with Gasteiger partial charge < -0.3 is 19.1 Å². The number of hydrogen-bond donors (Lipinski definition) is 1. The monoisotopic (exact) mass is 413 g/mol. The Bertz CT molecular complexity index is 985. The number of ether oxygens (including phenoxy) is 1. The van der Waals surface area contributed by atoms with Gasteiger partial charge in [0.1, 0.15) is 11.6 Å². The van der Waals surface area contributed by atoms with Crippen LogP contribution in [0.3, 0.4) is 0 Å². The van der Waals surface area contributed by atoms with Gasteiger partial charge in [-0.3, -0.25) is 14.9 Å². The third-order valence-corrected chi connectivity index (χ3v) is 5.40. The van der Waals surface area contributed by atoms with Gasteiger partial charge in [-0.2, -0.15) is 0 Å². The molecule has 2 saturated heterocycles. The number of rotatable bonds is 2. The molecule has 1 N–H and O–H groups in total. The van der Waals surface area contributed by atoms with Gasteiger partial charge in [-0.1, -0.05) is 0 Å². The first kappa shape index (κ1) is 20.2. The van der Waals surface area contributed by atoms with Gasteiger partial charge in [-0.05, 0) is 45.4 Å². The number of carbonyl (C=O) groups is 3. The molecule has 1 aromatic carbocycles. The highest BCUT2D eigenvalue weighted by Gasteiger charge is 2.29. The van der Waals surface area contributed by atoms with E-state index in [4.69, 9.17) is 4.74 Å². The molecule has 0 aliphatic carbocycles. The second-order valence-corrected chi connectivity index (χ2v) is 8.75. The number of hydrogen-bond acceptors (Lipinski definition) is 6. The van der Waals surface area contributed by atoms with E-state index in [-0.39, 0.29) is 17.9 Å². The minimum atomic E-state index is -0.499. The predicted molar refractivity (Wildman–Crippen MR) is 111 cm³/mol. The Morgan fingerprint density at radius 2 is 1.90 bits per heavy atom. The van der Waals surface area contributed by atoms with Crippen molar-refractivity contribution in [2.75, 3.05) is 31.1 Å². The Morgan fingerprint density at radius 1 is 1.17 bits per heavy atom. The number of fused-ring (bicyclic) bond motifs is 1. The van der Waals surface area contributed by atoms with Crippen LogP contribution in [0.2, 0.25) is 0 Å². The fourth-order valence-corrected chi connectivity index (χ4v) is 3.89. The lowest BCUT2D eigenvalue weighted by atomic mass is 10.1. The molecule has 0 radical (unpaired) electrons. The number of imidazole rings is 1. The summed E-state index contributed by atoms with van der Waals surface area (Å²) in [4.78, 5) is 44.3. The molecular formula is C21H27N5O4. The number of anilines is 1. The van der Waals surface area contributed by atoms with Crippen molar-refractivity contribution in [2.24, 2.45) is 0 Å². The maximum Gasteiger partial charge on any atom is 0.410 e. The Labute approximate surface area is 175 Å². The number of nitrogens with zero attached hydrogens (tertiary/aromatic N) is 4. The van der Waals surface area contributed by atoms with E-state index in [0.29, 0.717) is 39.0 Å². The van der Waals surface area contributed by atoms with E-state index in [1.165, 1.54) is 0 Å². The van der Waals surface area contributed by atoms with Crippen LogP contribution in [-0.4, -0.2) is 64.1 Å². The third kappa shape index (κ3) is 4.10. The molecule has 160 valence electrons. The molecule has 3 amide bonds. The molecule has 2 aliphatic heterocycles. The first-order chi connectivity index (χ1) is 14.2. The van der Waals surface area contributed by atoms with Crippen LogP contribution in [0.1, 0.15) is 39.7 Å². The molecule has 3 heterocycles. The van der Waals surface area contributed by atoms with Crippen molar-refractivity contribution in [3.63, 3.8) is 0 Å². The van der Waals surface area contributed by atoms with Gasteiger partial charge in [0.05, 0.1) is 17.4 Å². The van der Waals surface area contributed by atoms with Crippen molar-refractivity contribution in [2.45, 2.75) is 45.3 Å². The van der Waals surface area contributed by atoms with Crippen LogP contribution < -0.4 is 10.2 Å². The Hall–Kier alpha value is -3.10. The van der Waals surface area contributed by atoms with Crippen LogP contribution in [0.15, 0.2) is 24.5 Å². The Kier molecular flexibility index (Phi) is 5.13. The zero-order valence-electron chi connectivity index (χ0n) is 17.6.